The standard InChI is InChI=1S/C13H14O2/c1-9(13(14)15)7-10-5-6-11-3-2-4-12(11)8-10/h2,4-6,8-9H,3,7H2,1H3,(H,14,15). The molecule has 0 aliphatic heterocycles. The summed E-state index contributed by atoms with van der Waals surface area (Å²) >= 11 is 0. The number of fused-ring (bicyclic) bond motifs is 1. The molecule has 15 heavy (non-hydrogen) atoms. The Balaban J connectivity index is 2.16. The average Bonchev–Trinajstić information content (AvgIpc) is 2.64. The van der Waals surface area contributed by atoms with Gasteiger partial charge in [0.05, 0.1) is 5.92 Å². The minimum atomic E-state index is -0.731. The first-order chi connectivity index (χ1) is 7.16. The van der Waals surface area contributed by atoms with Crippen molar-refractivity contribution in [1.29, 1.82) is 0 Å². The Morgan fingerprint density at radius 1 is 1.53 bits per heavy atom. The zero-order valence-corrected chi connectivity index (χ0v) is 8.73. The monoisotopic (exact) mass is 202 g/mol. The van der Waals surface area contributed by atoms with Gasteiger partial charge in [-0.25, -0.2) is 0 Å². The number of hydrogen-bond donors (Lipinski definition) is 1. The number of rotatable bonds is 3. The van der Waals surface area contributed by atoms with Crippen molar-refractivity contribution in [2.24, 2.45) is 5.92 Å². The molecule has 0 saturated heterocycles. The van der Waals surface area contributed by atoms with Crippen molar-refractivity contribution in [1.82, 2.24) is 0 Å². The lowest BCUT2D eigenvalue weighted by atomic mass is 9.98. The summed E-state index contributed by atoms with van der Waals surface area (Å²) in [5.41, 5.74) is 3.68. The number of hydrogen-bond acceptors (Lipinski definition) is 1. The predicted octanol–water partition coefficient (Wildman–Crippen LogP) is 2.52. The summed E-state index contributed by atoms with van der Waals surface area (Å²) in [6.07, 6.45) is 5.85. The summed E-state index contributed by atoms with van der Waals surface area (Å²) in [5.74, 6) is -1.04. The topological polar surface area (TPSA) is 37.3 Å². The van der Waals surface area contributed by atoms with Crippen molar-refractivity contribution in [3.63, 3.8) is 0 Å². The maximum atomic E-state index is 10.7. The molecule has 0 amide bonds. The van der Waals surface area contributed by atoms with Gasteiger partial charge in [0, 0.05) is 0 Å². The quantitative estimate of drug-likeness (QED) is 0.817. The van der Waals surface area contributed by atoms with Crippen LogP contribution in [-0.2, 0) is 17.6 Å². The lowest BCUT2D eigenvalue weighted by molar-refractivity contribution is -0.141. The van der Waals surface area contributed by atoms with Gasteiger partial charge in [-0.2, -0.15) is 0 Å². The van der Waals surface area contributed by atoms with Gasteiger partial charge in [0.15, 0.2) is 0 Å². The Hall–Kier alpha value is -1.57. The highest BCUT2D eigenvalue weighted by Gasteiger charge is 2.13. The summed E-state index contributed by atoms with van der Waals surface area (Å²) in [7, 11) is 0. The predicted molar refractivity (Wildman–Crippen MR) is 59.7 cm³/mol. The van der Waals surface area contributed by atoms with Gasteiger partial charge in [-0.3, -0.25) is 4.79 Å². The molecule has 2 nitrogen and oxygen atoms in total. The van der Waals surface area contributed by atoms with E-state index in [1.165, 1.54) is 11.1 Å². The molecule has 1 aromatic rings. The van der Waals surface area contributed by atoms with Gasteiger partial charge in [-0.1, -0.05) is 37.3 Å². The molecule has 0 spiro atoms. The van der Waals surface area contributed by atoms with Crippen molar-refractivity contribution < 1.29 is 9.90 Å². The van der Waals surface area contributed by atoms with E-state index in [-0.39, 0.29) is 5.92 Å². The zero-order valence-electron chi connectivity index (χ0n) is 8.73. The van der Waals surface area contributed by atoms with E-state index in [1.54, 1.807) is 6.92 Å². The zero-order chi connectivity index (χ0) is 10.8. The normalized spacial score (nSPS) is 15.0. The molecule has 1 aromatic carbocycles. The van der Waals surface area contributed by atoms with Crippen molar-refractivity contribution in [2.75, 3.05) is 0 Å². The Morgan fingerprint density at radius 2 is 2.33 bits per heavy atom. The van der Waals surface area contributed by atoms with E-state index in [1.807, 2.05) is 6.07 Å². The van der Waals surface area contributed by atoms with E-state index in [0.717, 1.165) is 12.0 Å². The minimum Gasteiger partial charge on any atom is -0.481 e. The average molecular weight is 202 g/mol. The fourth-order valence-electron chi connectivity index (χ4n) is 1.87. The molecule has 78 valence electrons. The highest BCUT2D eigenvalue weighted by molar-refractivity contribution is 5.70. The van der Waals surface area contributed by atoms with Gasteiger partial charge in [-0.05, 0) is 29.5 Å². The van der Waals surface area contributed by atoms with Crippen LogP contribution in [0.5, 0.6) is 0 Å². The second kappa shape index (κ2) is 3.89. The van der Waals surface area contributed by atoms with Crippen molar-refractivity contribution in [3.8, 4) is 0 Å². The fourth-order valence-corrected chi connectivity index (χ4v) is 1.87. The van der Waals surface area contributed by atoms with E-state index in [0.29, 0.717) is 6.42 Å². The lowest BCUT2D eigenvalue weighted by Gasteiger charge is -2.07. The smallest absolute Gasteiger partial charge is 0.306 e. The minimum absolute atomic E-state index is 0.312. The Labute approximate surface area is 89.2 Å². The van der Waals surface area contributed by atoms with Crippen LogP contribution in [0.15, 0.2) is 24.3 Å². The third kappa shape index (κ3) is 2.09. The second-order valence-electron chi connectivity index (χ2n) is 4.08. The van der Waals surface area contributed by atoms with Gasteiger partial charge in [-0.15, -0.1) is 0 Å². The van der Waals surface area contributed by atoms with Crippen molar-refractivity contribution in [2.45, 2.75) is 19.8 Å². The van der Waals surface area contributed by atoms with Crippen LogP contribution in [0.25, 0.3) is 6.08 Å². The van der Waals surface area contributed by atoms with Crippen LogP contribution in [0, 0.1) is 5.92 Å². The van der Waals surface area contributed by atoms with E-state index in [2.05, 4.69) is 24.3 Å². The van der Waals surface area contributed by atoms with E-state index in [4.69, 9.17) is 5.11 Å². The summed E-state index contributed by atoms with van der Waals surface area (Å²) in [6.45, 7) is 1.74. The molecule has 0 aromatic heterocycles. The first-order valence-electron chi connectivity index (χ1n) is 5.18. The number of carboxylic acids is 1. The fraction of sp³-hybridized carbons (Fsp3) is 0.308. The molecular weight excluding hydrogens is 188 g/mol. The first-order valence-corrected chi connectivity index (χ1v) is 5.18. The summed E-state index contributed by atoms with van der Waals surface area (Å²) in [4.78, 5) is 10.7. The van der Waals surface area contributed by atoms with Crippen LogP contribution in [0.1, 0.15) is 23.6 Å². The maximum absolute atomic E-state index is 10.7. The molecule has 2 rings (SSSR count). The van der Waals surface area contributed by atoms with Crippen LogP contribution in [-0.4, -0.2) is 11.1 Å². The van der Waals surface area contributed by atoms with Crippen LogP contribution in [0.3, 0.4) is 0 Å². The molecule has 1 aliphatic rings. The SMILES string of the molecule is CC(Cc1ccc2c(c1)C=CC2)C(=O)O. The van der Waals surface area contributed by atoms with Crippen LogP contribution in [0.2, 0.25) is 0 Å². The molecule has 0 fully saturated rings. The summed E-state index contributed by atoms with van der Waals surface area (Å²) < 4.78 is 0. The highest BCUT2D eigenvalue weighted by atomic mass is 16.4. The number of carboxylic acid groups (broad SMARTS) is 1. The molecule has 1 unspecified atom stereocenters. The van der Waals surface area contributed by atoms with Crippen molar-refractivity contribution >= 4 is 12.0 Å². The summed E-state index contributed by atoms with van der Waals surface area (Å²) in [5, 5.41) is 8.82. The number of carbonyl (C=O) groups is 1. The molecule has 2 heteroatoms. The number of aliphatic carboxylic acids is 1. The van der Waals surface area contributed by atoms with Gasteiger partial charge in [0.2, 0.25) is 0 Å². The Morgan fingerprint density at radius 3 is 3.07 bits per heavy atom. The maximum Gasteiger partial charge on any atom is 0.306 e. The van der Waals surface area contributed by atoms with E-state index in [9.17, 15) is 4.79 Å². The largest absolute Gasteiger partial charge is 0.481 e. The molecule has 1 aliphatic carbocycles. The summed E-state index contributed by atoms with van der Waals surface area (Å²) in [6, 6.07) is 6.22. The molecule has 0 bridgehead atoms. The highest BCUT2D eigenvalue weighted by Crippen LogP contribution is 2.21. The third-order valence-electron chi connectivity index (χ3n) is 2.81. The molecule has 0 heterocycles. The molecular formula is C13H14O2. The van der Waals surface area contributed by atoms with Gasteiger partial charge >= 0.3 is 5.97 Å². The molecule has 0 saturated carbocycles. The number of benzene rings is 1. The van der Waals surface area contributed by atoms with Gasteiger partial charge < -0.3 is 5.11 Å². The van der Waals surface area contributed by atoms with Gasteiger partial charge in [0.1, 0.15) is 0 Å². The Kier molecular flexibility index (Phi) is 2.58. The molecule has 0 radical (unpaired) electrons. The van der Waals surface area contributed by atoms with Crippen LogP contribution >= 0.6 is 0 Å². The van der Waals surface area contributed by atoms with Crippen LogP contribution in [0.4, 0.5) is 0 Å². The molecule has 1 atom stereocenters. The van der Waals surface area contributed by atoms with E-state index >= 15 is 0 Å². The number of allylic oxidation sites excluding steroid dienone is 1. The second-order valence-corrected chi connectivity index (χ2v) is 4.08. The lowest BCUT2D eigenvalue weighted by Crippen LogP contribution is -2.12. The van der Waals surface area contributed by atoms with Crippen molar-refractivity contribution in [3.05, 3.63) is 41.0 Å². The molecule has 1 N–H and O–H groups in total. The first kappa shape index (κ1) is 9.97. The van der Waals surface area contributed by atoms with Crippen LogP contribution < -0.4 is 0 Å². The van der Waals surface area contributed by atoms with Gasteiger partial charge in [0.25, 0.3) is 0 Å². The van der Waals surface area contributed by atoms with E-state index < -0.39 is 5.97 Å². The Bertz CT molecular complexity index is 419. The third-order valence-corrected chi connectivity index (χ3v) is 2.81.